The second-order valence-corrected chi connectivity index (χ2v) is 8.78. The maximum Gasteiger partial charge on any atom is 0.277 e. The number of halogens is 1. The molecule has 29 heavy (non-hydrogen) atoms. The largest absolute Gasteiger partial charge is 0.368 e. The molecule has 0 aromatic heterocycles. The van der Waals surface area contributed by atoms with Crippen LogP contribution in [-0.2, 0) is 10.0 Å². The monoisotopic (exact) mass is 428 g/mol. The van der Waals surface area contributed by atoms with Crippen LogP contribution in [0.5, 0.6) is 0 Å². The smallest absolute Gasteiger partial charge is 0.277 e. The van der Waals surface area contributed by atoms with Crippen molar-refractivity contribution in [3.63, 3.8) is 0 Å². The molecule has 0 bridgehead atoms. The van der Waals surface area contributed by atoms with Crippen LogP contribution in [0.25, 0.3) is 10.8 Å². The summed E-state index contributed by atoms with van der Waals surface area (Å²) in [6, 6.07) is 18.1. The fraction of sp³-hybridized carbons (Fsp3) is 0.190. The first-order chi connectivity index (χ1) is 14.1. The van der Waals surface area contributed by atoms with Crippen molar-refractivity contribution in [1.29, 1.82) is 0 Å². The Balaban J connectivity index is 1.62. The Labute approximate surface area is 175 Å². The highest BCUT2D eigenvalue weighted by molar-refractivity contribution is 7.89. The standard InChI is InChI=1S/C21H21ClN4O2S/c22-19-8-4-9-20(26-13-11-23-12-14-26)18(19)15-24-25-29(27,28)21-10-3-6-16-5-1-2-7-17(16)21/h1-10,15,23,25H,11-14H2. The average molecular weight is 429 g/mol. The lowest BCUT2D eigenvalue weighted by molar-refractivity contribution is 0.585. The van der Waals surface area contributed by atoms with Gasteiger partial charge in [0.2, 0.25) is 0 Å². The molecule has 6 nitrogen and oxygen atoms in total. The number of hydrazone groups is 1. The normalized spacial score (nSPS) is 15.1. The summed E-state index contributed by atoms with van der Waals surface area (Å²) in [4.78, 5) is 4.73. The Kier molecular flexibility index (Phi) is 5.71. The van der Waals surface area contributed by atoms with Crippen LogP contribution in [0.15, 0.2) is 70.7 Å². The quantitative estimate of drug-likeness (QED) is 0.483. The Morgan fingerprint density at radius 2 is 1.72 bits per heavy atom. The Morgan fingerprint density at radius 3 is 2.55 bits per heavy atom. The maximum atomic E-state index is 12.8. The van der Waals surface area contributed by atoms with E-state index in [1.165, 1.54) is 6.21 Å². The molecule has 1 fully saturated rings. The minimum atomic E-state index is -3.82. The van der Waals surface area contributed by atoms with Crippen molar-refractivity contribution in [2.75, 3.05) is 31.1 Å². The van der Waals surface area contributed by atoms with Gasteiger partial charge in [0.1, 0.15) is 0 Å². The van der Waals surface area contributed by atoms with E-state index in [0.29, 0.717) is 16.0 Å². The van der Waals surface area contributed by atoms with Crippen LogP contribution in [0.4, 0.5) is 5.69 Å². The zero-order valence-corrected chi connectivity index (χ0v) is 17.2. The van der Waals surface area contributed by atoms with Gasteiger partial charge >= 0.3 is 0 Å². The van der Waals surface area contributed by atoms with E-state index < -0.39 is 10.0 Å². The van der Waals surface area contributed by atoms with Crippen LogP contribution >= 0.6 is 11.6 Å². The molecule has 0 amide bonds. The summed E-state index contributed by atoms with van der Waals surface area (Å²) in [5, 5.41) is 9.36. The Morgan fingerprint density at radius 1 is 1.00 bits per heavy atom. The van der Waals surface area contributed by atoms with Crippen molar-refractivity contribution < 1.29 is 8.42 Å². The van der Waals surface area contributed by atoms with E-state index in [1.54, 1.807) is 24.3 Å². The van der Waals surface area contributed by atoms with Gasteiger partial charge in [-0.05, 0) is 23.6 Å². The van der Waals surface area contributed by atoms with Crippen LogP contribution in [0, 0.1) is 0 Å². The minimum absolute atomic E-state index is 0.189. The van der Waals surface area contributed by atoms with Crippen LogP contribution in [-0.4, -0.2) is 40.8 Å². The summed E-state index contributed by atoms with van der Waals surface area (Å²) in [6.45, 7) is 3.47. The van der Waals surface area contributed by atoms with Gasteiger partial charge < -0.3 is 10.2 Å². The molecule has 150 valence electrons. The van der Waals surface area contributed by atoms with Gasteiger partial charge in [-0.25, -0.2) is 4.83 Å². The van der Waals surface area contributed by atoms with Crippen LogP contribution in [0.3, 0.4) is 0 Å². The zero-order valence-electron chi connectivity index (χ0n) is 15.7. The molecular weight excluding hydrogens is 408 g/mol. The lowest BCUT2D eigenvalue weighted by Gasteiger charge is -2.30. The molecule has 1 heterocycles. The third kappa shape index (κ3) is 4.22. The maximum absolute atomic E-state index is 12.8. The zero-order chi connectivity index (χ0) is 20.3. The predicted octanol–water partition coefficient (Wildman–Crippen LogP) is 3.22. The number of nitrogens with zero attached hydrogens (tertiary/aromatic N) is 2. The molecule has 1 aliphatic heterocycles. The van der Waals surface area contributed by atoms with Crippen molar-refractivity contribution >= 4 is 44.3 Å². The summed E-state index contributed by atoms with van der Waals surface area (Å²) in [5.41, 5.74) is 1.63. The number of piperazine rings is 1. The van der Waals surface area contributed by atoms with E-state index in [2.05, 4.69) is 20.1 Å². The molecule has 3 aromatic rings. The fourth-order valence-corrected chi connectivity index (χ4v) is 4.72. The third-order valence-corrected chi connectivity index (χ3v) is 6.50. The van der Waals surface area contributed by atoms with Crippen molar-refractivity contribution in [1.82, 2.24) is 10.1 Å². The lowest BCUT2D eigenvalue weighted by Crippen LogP contribution is -2.43. The van der Waals surface area contributed by atoms with Gasteiger partial charge in [0.25, 0.3) is 10.0 Å². The first-order valence-electron chi connectivity index (χ1n) is 9.33. The van der Waals surface area contributed by atoms with Gasteiger partial charge in [0.05, 0.1) is 16.1 Å². The molecule has 4 rings (SSSR count). The number of benzene rings is 3. The first-order valence-corrected chi connectivity index (χ1v) is 11.2. The lowest BCUT2D eigenvalue weighted by atomic mass is 10.1. The van der Waals surface area contributed by atoms with Gasteiger partial charge in [-0.1, -0.05) is 54.1 Å². The first kappa shape index (κ1) is 19.7. The molecule has 0 saturated carbocycles. The molecule has 1 saturated heterocycles. The van der Waals surface area contributed by atoms with E-state index in [1.807, 2.05) is 36.4 Å². The number of hydrogen-bond acceptors (Lipinski definition) is 5. The van der Waals surface area contributed by atoms with Crippen LogP contribution in [0.2, 0.25) is 5.02 Å². The molecule has 0 atom stereocenters. The second-order valence-electron chi connectivity index (χ2n) is 6.74. The highest BCUT2D eigenvalue weighted by atomic mass is 35.5. The molecule has 0 spiro atoms. The molecule has 1 aliphatic rings. The number of anilines is 1. The topological polar surface area (TPSA) is 73.8 Å². The predicted molar refractivity (Wildman–Crippen MR) is 118 cm³/mol. The summed E-state index contributed by atoms with van der Waals surface area (Å²) < 4.78 is 25.7. The van der Waals surface area contributed by atoms with E-state index in [0.717, 1.165) is 37.3 Å². The van der Waals surface area contributed by atoms with E-state index >= 15 is 0 Å². The van der Waals surface area contributed by atoms with Crippen molar-refractivity contribution in [3.8, 4) is 0 Å². The van der Waals surface area contributed by atoms with Crippen molar-refractivity contribution in [3.05, 3.63) is 71.2 Å². The number of nitrogens with one attached hydrogen (secondary N) is 2. The van der Waals surface area contributed by atoms with Crippen LogP contribution < -0.4 is 15.0 Å². The third-order valence-electron chi connectivity index (χ3n) is 4.89. The summed E-state index contributed by atoms with van der Waals surface area (Å²) in [7, 11) is -3.82. The van der Waals surface area contributed by atoms with E-state index in [9.17, 15) is 8.42 Å². The minimum Gasteiger partial charge on any atom is -0.368 e. The van der Waals surface area contributed by atoms with Gasteiger partial charge in [-0.2, -0.15) is 13.5 Å². The molecule has 0 radical (unpaired) electrons. The number of rotatable bonds is 5. The van der Waals surface area contributed by atoms with Crippen molar-refractivity contribution in [2.45, 2.75) is 4.90 Å². The average Bonchev–Trinajstić information content (AvgIpc) is 2.75. The Hall–Kier alpha value is -2.61. The number of fused-ring (bicyclic) bond motifs is 1. The molecular formula is C21H21ClN4O2S. The Bertz CT molecular complexity index is 1150. The van der Waals surface area contributed by atoms with Crippen LogP contribution in [0.1, 0.15) is 5.56 Å². The van der Waals surface area contributed by atoms with E-state index in [-0.39, 0.29) is 4.90 Å². The van der Waals surface area contributed by atoms with Gasteiger partial charge in [0.15, 0.2) is 0 Å². The van der Waals surface area contributed by atoms with Gasteiger partial charge in [-0.15, -0.1) is 0 Å². The fourth-order valence-electron chi connectivity index (χ4n) is 3.47. The van der Waals surface area contributed by atoms with Gasteiger partial charge in [0, 0.05) is 42.8 Å². The molecule has 3 aromatic carbocycles. The SMILES string of the molecule is O=S(=O)(NN=Cc1c(Cl)cccc1N1CCNCC1)c1cccc2ccccc12. The summed E-state index contributed by atoms with van der Waals surface area (Å²) in [5.74, 6) is 0. The highest BCUT2D eigenvalue weighted by Gasteiger charge is 2.17. The number of sulfonamides is 1. The second kappa shape index (κ2) is 8.41. The highest BCUT2D eigenvalue weighted by Crippen LogP contribution is 2.27. The number of hydrogen-bond donors (Lipinski definition) is 2. The van der Waals surface area contributed by atoms with Crippen molar-refractivity contribution in [2.24, 2.45) is 5.10 Å². The molecule has 8 heteroatoms. The summed E-state index contributed by atoms with van der Waals surface area (Å²) >= 11 is 6.38. The molecule has 0 unspecified atom stereocenters. The molecule has 2 N–H and O–H groups in total. The van der Waals surface area contributed by atoms with E-state index in [4.69, 9.17) is 11.6 Å². The molecule has 0 aliphatic carbocycles. The van der Waals surface area contributed by atoms with Gasteiger partial charge in [-0.3, -0.25) is 0 Å². The summed E-state index contributed by atoms with van der Waals surface area (Å²) in [6.07, 6.45) is 1.47.